The van der Waals surface area contributed by atoms with Crippen molar-refractivity contribution < 1.29 is 13.2 Å². The molecule has 1 aliphatic heterocycles. The summed E-state index contributed by atoms with van der Waals surface area (Å²) >= 11 is 0. The van der Waals surface area contributed by atoms with E-state index >= 15 is 0 Å². The number of halogens is 3. The molecule has 0 bridgehead atoms. The first-order valence-electron chi connectivity index (χ1n) is 6.61. The molecule has 18 heavy (non-hydrogen) atoms. The van der Waals surface area contributed by atoms with Gasteiger partial charge in [0.15, 0.2) is 0 Å². The molecule has 2 N–H and O–H groups in total. The van der Waals surface area contributed by atoms with E-state index in [2.05, 4.69) is 18.7 Å². The van der Waals surface area contributed by atoms with Crippen molar-refractivity contribution in [2.75, 3.05) is 39.3 Å². The summed E-state index contributed by atoms with van der Waals surface area (Å²) in [4.78, 5) is 3.74. The number of hydrogen-bond donors (Lipinski definition) is 1. The molecule has 0 aromatic carbocycles. The Hall–Kier alpha value is -0.330. The van der Waals surface area contributed by atoms with Crippen molar-refractivity contribution in [3.63, 3.8) is 0 Å². The van der Waals surface area contributed by atoms with Gasteiger partial charge in [-0.15, -0.1) is 0 Å². The minimum Gasteiger partial charge on any atom is -0.329 e. The molecular formula is C12H24F3N3. The number of piperazine rings is 1. The van der Waals surface area contributed by atoms with E-state index in [1.165, 1.54) is 4.90 Å². The van der Waals surface area contributed by atoms with Crippen molar-refractivity contribution in [2.45, 2.75) is 38.4 Å². The fourth-order valence-electron chi connectivity index (χ4n) is 2.75. The maximum absolute atomic E-state index is 12.3. The third-order valence-electron chi connectivity index (χ3n) is 4.14. The van der Waals surface area contributed by atoms with E-state index in [1.807, 2.05) is 0 Å². The molecule has 1 saturated heterocycles. The van der Waals surface area contributed by atoms with Gasteiger partial charge in [0.2, 0.25) is 0 Å². The molecule has 1 aliphatic rings. The molecule has 0 aromatic rings. The van der Waals surface area contributed by atoms with E-state index in [9.17, 15) is 13.2 Å². The average Bonchev–Trinajstić information content (AvgIpc) is 2.32. The lowest BCUT2D eigenvalue weighted by Crippen LogP contribution is -2.60. The fourth-order valence-corrected chi connectivity index (χ4v) is 2.75. The van der Waals surface area contributed by atoms with Gasteiger partial charge in [0.1, 0.15) is 0 Å². The van der Waals surface area contributed by atoms with Crippen LogP contribution in [0.15, 0.2) is 0 Å². The van der Waals surface area contributed by atoms with Gasteiger partial charge >= 0.3 is 6.18 Å². The number of nitrogens with zero attached hydrogens (tertiary/aromatic N) is 2. The van der Waals surface area contributed by atoms with Crippen LogP contribution in [0.4, 0.5) is 13.2 Å². The predicted molar refractivity (Wildman–Crippen MR) is 66.4 cm³/mol. The van der Waals surface area contributed by atoms with Crippen LogP contribution in [-0.2, 0) is 0 Å². The Kier molecular flexibility index (Phi) is 5.43. The molecule has 0 atom stereocenters. The van der Waals surface area contributed by atoms with Crippen molar-refractivity contribution in [2.24, 2.45) is 5.73 Å². The molecule has 0 aromatic heterocycles. The first-order chi connectivity index (χ1) is 8.37. The third kappa shape index (κ3) is 3.83. The van der Waals surface area contributed by atoms with Gasteiger partial charge in [-0.1, -0.05) is 13.8 Å². The number of nitrogens with two attached hydrogens (primary N) is 1. The summed E-state index contributed by atoms with van der Waals surface area (Å²) in [7, 11) is 0. The van der Waals surface area contributed by atoms with E-state index < -0.39 is 12.7 Å². The lowest BCUT2D eigenvalue weighted by molar-refractivity contribution is -0.151. The van der Waals surface area contributed by atoms with Crippen molar-refractivity contribution >= 4 is 0 Å². The molecule has 0 amide bonds. The van der Waals surface area contributed by atoms with Crippen LogP contribution in [0.25, 0.3) is 0 Å². The molecular weight excluding hydrogens is 243 g/mol. The van der Waals surface area contributed by atoms with Crippen molar-refractivity contribution in [1.29, 1.82) is 0 Å². The summed E-state index contributed by atoms with van der Waals surface area (Å²) in [5, 5.41) is 0. The average molecular weight is 267 g/mol. The molecule has 0 radical (unpaired) electrons. The van der Waals surface area contributed by atoms with E-state index in [4.69, 9.17) is 5.73 Å². The maximum atomic E-state index is 12.3. The molecule has 0 unspecified atom stereocenters. The van der Waals surface area contributed by atoms with Crippen LogP contribution in [0, 0.1) is 0 Å². The molecule has 108 valence electrons. The summed E-state index contributed by atoms with van der Waals surface area (Å²) in [6.45, 7) is 6.26. The highest BCUT2D eigenvalue weighted by molar-refractivity contribution is 4.92. The standard InChI is InChI=1S/C12H24F3N3/c1-3-11(4-2,9-16)18-7-5-17(6-8-18)10-12(13,14)15/h3-10,16H2,1-2H3. The van der Waals surface area contributed by atoms with Crippen LogP contribution in [0.1, 0.15) is 26.7 Å². The SMILES string of the molecule is CCC(CC)(CN)N1CCN(CC(F)(F)F)CC1. The van der Waals surface area contributed by atoms with Gasteiger partial charge in [-0.3, -0.25) is 9.80 Å². The van der Waals surface area contributed by atoms with Crippen LogP contribution in [-0.4, -0.2) is 60.8 Å². The Bertz CT molecular complexity index is 235. The van der Waals surface area contributed by atoms with Crippen molar-refractivity contribution in [3.05, 3.63) is 0 Å². The second kappa shape index (κ2) is 6.21. The first kappa shape index (κ1) is 15.7. The lowest BCUT2D eigenvalue weighted by Gasteiger charge is -2.47. The molecule has 1 rings (SSSR count). The summed E-state index contributed by atoms with van der Waals surface area (Å²) in [6, 6.07) is 0. The molecule has 0 saturated carbocycles. The number of rotatable bonds is 5. The minimum absolute atomic E-state index is 0.0374. The normalized spacial score (nSPS) is 20.3. The predicted octanol–water partition coefficient (Wildman–Crippen LogP) is 1.68. The van der Waals surface area contributed by atoms with Crippen LogP contribution in [0.3, 0.4) is 0 Å². The Morgan fingerprint density at radius 3 is 1.83 bits per heavy atom. The van der Waals surface area contributed by atoms with Gasteiger partial charge < -0.3 is 5.73 Å². The fraction of sp³-hybridized carbons (Fsp3) is 1.00. The Morgan fingerprint density at radius 1 is 1.00 bits per heavy atom. The minimum atomic E-state index is -4.09. The number of alkyl halides is 3. The second-order valence-electron chi connectivity index (χ2n) is 5.01. The zero-order valence-electron chi connectivity index (χ0n) is 11.3. The van der Waals surface area contributed by atoms with E-state index in [-0.39, 0.29) is 5.54 Å². The molecule has 1 fully saturated rings. The molecule has 0 aliphatic carbocycles. The monoisotopic (exact) mass is 267 g/mol. The zero-order chi connectivity index (χ0) is 13.8. The molecule has 3 nitrogen and oxygen atoms in total. The van der Waals surface area contributed by atoms with E-state index in [0.29, 0.717) is 32.7 Å². The van der Waals surface area contributed by atoms with Gasteiger partial charge in [0.25, 0.3) is 0 Å². The molecule has 6 heteroatoms. The van der Waals surface area contributed by atoms with Crippen LogP contribution in [0.5, 0.6) is 0 Å². The Balaban J connectivity index is 2.52. The highest BCUT2D eigenvalue weighted by Crippen LogP contribution is 2.25. The summed E-state index contributed by atoms with van der Waals surface area (Å²) in [6.07, 6.45) is -2.21. The Labute approximate surface area is 107 Å². The quantitative estimate of drug-likeness (QED) is 0.822. The maximum Gasteiger partial charge on any atom is 0.401 e. The molecule has 0 spiro atoms. The largest absolute Gasteiger partial charge is 0.401 e. The topological polar surface area (TPSA) is 32.5 Å². The smallest absolute Gasteiger partial charge is 0.329 e. The summed E-state index contributed by atoms with van der Waals surface area (Å²) in [5.74, 6) is 0. The lowest BCUT2D eigenvalue weighted by atomic mass is 9.90. The highest BCUT2D eigenvalue weighted by atomic mass is 19.4. The van der Waals surface area contributed by atoms with Gasteiger partial charge in [-0.2, -0.15) is 13.2 Å². The van der Waals surface area contributed by atoms with Crippen molar-refractivity contribution in [1.82, 2.24) is 9.80 Å². The van der Waals surface area contributed by atoms with Crippen LogP contribution < -0.4 is 5.73 Å². The summed E-state index contributed by atoms with van der Waals surface area (Å²) in [5.41, 5.74) is 5.82. The first-order valence-corrected chi connectivity index (χ1v) is 6.61. The number of hydrogen-bond acceptors (Lipinski definition) is 3. The Morgan fingerprint density at radius 2 is 1.50 bits per heavy atom. The van der Waals surface area contributed by atoms with Crippen molar-refractivity contribution in [3.8, 4) is 0 Å². The van der Waals surface area contributed by atoms with Crippen LogP contribution in [0.2, 0.25) is 0 Å². The summed E-state index contributed by atoms with van der Waals surface area (Å²) < 4.78 is 36.9. The van der Waals surface area contributed by atoms with Gasteiger partial charge in [0, 0.05) is 38.3 Å². The third-order valence-corrected chi connectivity index (χ3v) is 4.14. The van der Waals surface area contributed by atoms with Gasteiger partial charge in [-0.25, -0.2) is 0 Å². The molecule has 1 heterocycles. The van der Waals surface area contributed by atoms with Gasteiger partial charge in [0.05, 0.1) is 6.54 Å². The van der Waals surface area contributed by atoms with E-state index in [1.54, 1.807) is 0 Å². The van der Waals surface area contributed by atoms with Crippen LogP contribution >= 0.6 is 0 Å². The highest BCUT2D eigenvalue weighted by Gasteiger charge is 2.37. The zero-order valence-corrected chi connectivity index (χ0v) is 11.3. The van der Waals surface area contributed by atoms with E-state index in [0.717, 1.165) is 12.8 Å². The second-order valence-corrected chi connectivity index (χ2v) is 5.01. The van der Waals surface area contributed by atoms with Gasteiger partial charge in [-0.05, 0) is 12.8 Å².